The van der Waals surface area contributed by atoms with E-state index in [-0.39, 0.29) is 30.1 Å². The molecule has 6 rings (SSSR count). The number of aromatic nitrogens is 6. The van der Waals surface area contributed by atoms with Gasteiger partial charge in [-0.1, -0.05) is 4.98 Å². The van der Waals surface area contributed by atoms with E-state index in [1.165, 1.54) is 30.2 Å². The highest BCUT2D eigenvalue weighted by Gasteiger charge is 2.28. The molecule has 2 fully saturated rings. The van der Waals surface area contributed by atoms with Gasteiger partial charge in [-0.3, -0.25) is 9.29 Å². The van der Waals surface area contributed by atoms with E-state index >= 15 is 0 Å². The number of pyridine rings is 2. The van der Waals surface area contributed by atoms with Crippen molar-refractivity contribution >= 4 is 44.2 Å². The van der Waals surface area contributed by atoms with Crippen molar-refractivity contribution in [3.05, 3.63) is 58.4 Å². The average molecular weight is 664 g/mol. The molecule has 1 N–H and O–H groups in total. The predicted octanol–water partition coefficient (Wildman–Crippen LogP) is 2.54. The Morgan fingerprint density at radius 3 is 2.55 bits per heavy atom. The first kappa shape index (κ1) is 31.8. The summed E-state index contributed by atoms with van der Waals surface area (Å²) < 4.78 is 40.5. The number of rotatable bonds is 10. The van der Waals surface area contributed by atoms with Gasteiger partial charge in [0.15, 0.2) is 11.5 Å². The van der Waals surface area contributed by atoms with Crippen molar-refractivity contribution in [3.8, 4) is 11.9 Å². The van der Waals surface area contributed by atoms with Gasteiger partial charge in [0, 0.05) is 37.6 Å². The minimum atomic E-state index is -3.85. The first-order chi connectivity index (χ1) is 22.6. The predicted molar refractivity (Wildman–Crippen MR) is 171 cm³/mol. The number of imidazole rings is 1. The van der Waals surface area contributed by atoms with E-state index in [0.717, 1.165) is 23.4 Å². The Bertz CT molecular complexity index is 1930. The van der Waals surface area contributed by atoms with Crippen molar-refractivity contribution in [2.24, 2.45) is 7.05 Å². The molecule has 1 aliphatic carbocycles. The highest BCUT2D eigenvalue weighted by atomic mass is 32.2. The molecule has 0 amide bonds. The van der Waals surface area contributed by atoms with Crippen LogP contribution in [0.4, 0.5) is 23.3 Å². The van der Waals surface area contributed by atoms with E-state index in [0.29, 0.717) is 73.3 Å². The third-order valence-corrected chi connectivity index (χ3v) is 9.41. The van der Waals surface area contributed by atoms with Gasteiger partial charge in [0.25, 0.3) is 0 Å². The summed E-state index contributed by atoms with van der Waals surface area (Å²) in [7, 11) is -2.39. The SMILES string of the molecule is Cn1c(CN(c2cnc3cc(N4CCOCC4)nc(OC4CCC(Nc5nccnc5C#N)CC4)c3c2)S(C)(=O)=O)cnc1[N+](=O)[O-]. The van der Waals surface area contributed by atoms with E-state index in [1.54, 1.807) is 12.3 Å². The van der Waals surface area contributed by atoms with Gasteiger partial charge in [0.2, 0.25) is 15.9 Å². The summed E-state index contributed by atoms with van der Waals surface area (Å²) in [6.45, 7) is 2.23. The Morgan fingerprint density at radius 1 is 1.13 bits per heavy atom. The molecule has 0 radical (unpaired) electrons. The molecule has 47 heavy (non-hydrogen) atoms. The summed E-state index contributed by atoms with van der Waals surface area (Å²) in [5, 5.41) is 24.6. The van der Waals surface area contributed by atoms with Crippen LogP contribution in [0.1, 0.15) is 37.1 Å². The number of fused-ring (bicyclic) bond motifs is 1. The molecule has 2 aliphatic rings. The number of nitriles is 1. The Hall–Kier alpha value is -5.15. The zero-order valence-electron chi connectivity index (χ0n) is 25.8. The van der Waals surface area contributed by atoms with Crippen LogP contribution in [0.2, 0.25) is 0 Å². The van der Waals surface area contributed by atoms with Crippen molar-refractivity contribution in [1.82, 2.24) is 29.5 Å². The van der Waals surface area contributed by atoms with E-state index in [9.17, 15) is 23.8 Å². The van der Waals surface area contributed by atoms with Crippen LogP contribution in [0.25, 0.3) is 10.9 Å². The van der Waals surface area contributed by atoms with Crippen LogP contribution in [0.15, 0.2) is 36.9 Å². The number of hydrogen-bond acceptors (Lipinski definition) is 14. The van der Waals surface area contributed by atoms with Crippen molar-refractivity contribution in [3.63, 3.8) is 0 Å². The number of nitrogens with one attached hydrogen (secondary N) is 1. The second-order valence-electron chi connectivity index (χ2n) is 11.4. The minimum Gasteiger partial charge on any atom is -0.474 e. The van der Waals surface area contributed by atoms with Gasteiger partial charge < -0.3 is 29.8 Å². The molecule has 0 atom stereocenters. The number of nitro groups is 1. The normalized spacial score (nSPS) is 18.4. The molecule has 18 heteroatoms. The molecule has 246 valence electrons. The lowest BCUT2D eigenvalue weighted by Crippen LogP contribution is -2.37. The van der Waals surface area contributed by atoms with Crippen LogP contribution < -0.4 is 19.3 Å². The number of sulfonamides is 1. The van der Waals surface area contributed by atoms with Crippen molar-refractivity contribution in [2.75, 3.05) is 47.1 Å². The van der Waals surface area contributed by atoms with E-state index in [1.807, 2.05) is 6.07 Å². The van der Waals surface area contributed by atoms with Crippen LogP contribution in [-0.2, 0) is 28.4 Å². The molecule has 1 saturated carbocycles. The van der Waals surface area contributed by atoms with Gasteiger partial charge in [0.05, 0.1) is 55.8 Å². The third kappa shape index (κ3) is 7.00. The maximum Gasteiger partial charge on any atom is 0.434 e. The minimum absolute atomic E-state index is 0.0856. The molecule has 4 aromatic heterocycles. The molecular weight excluding hydrogens is 630 g/mol. The highest BCUT2D eigenvalue weighted by molar-refractivity contribution is 7.92. The van der Waals surface area contributed by atoms with Gasteiger partial charge in [-0.25, -0.2) is 23.0 Å². The van der Waals surface area contributed by atoms with Crippen LogP contribution in [0, 0.1) is 21.4 Å². The summed E-state index contributed by atoms with van der Waals surface area (Å²) in [6, 6.07) is 5.66. The Morgan fingerprint density at radius 2 is 1.87 bits per heavy atom. The second kappa shape index (κ2) is 13.3. The maximum absolute atomic E-state index is 13.0. The van der Waals surface area contributed by atoms with Crippen molar-refractivity contribution < 1.29 is 22.8 Å². The fourth-order valence-corrected chi connectivity index (χ4v) is 6.60. The molecule has 4 aromatic rings. The standard InChI is InChI=1S/C29H33N11O6S/c1-37-21(17-34-29(37)40(41)42)18-39(47(2,43)44)20-13-23-24(33-16-20)14-26(38-9-11-45-12-10-38)36-28(23)46-22-5-3-19(4-6-22)35-27-25(15-30)31-7-8-32-27/h7-8,13-14,16-17,19,22H,3-6,9-12,18H2,1-2H3,(H,32,35). The van der Waals surface area contributed by atoms with Crippen molar-refractivity contribution in [1.29, 1.82) is 5.26 Å². The highest BCUT2D eigenvalue weighted by Crippen LogP contribution is 2.34. The first-order valence-corrected chi connectivity index (χ1v) is 16.9. The quantitative estimate of drug-likeness (QED) is 0.191. The molecule has 0 unspecified atom stereocenters. The molecule has 17 nitrogen and oxygen atoms in total. The molecule has 1 aliphatic heterocycles. The molecule has 5 heterocycles. The summed E-state index contributed by atoms with van der Waals surface area (Å²) in [5.41, 5.74) is 1.40. The van der Waals surface area contributed by atoms with Crippen LogP contribution >= 0.6 is 0 Å². The molecule has 0 bridgehead atoms. The monoisotopic (exact) mass is 663 g/mol. The fourth-order valence-electron chi connectivity index (χ4n) is 5.75. The maximum atomic E-state index is 13.0. The lowest BCUT2D eigenvalue weighted by molar-refractivity contribution is -0.396. The fraction of sp³-hybridized carbons (Fsp3) is 0.448. The topological polar surface area (TPSA) is 207 Å². The number of anilines is 3. The molecule has 1 saturated heterocycles. The lowest BCUT2D eigenvalue weighted by Gasteiger charge is -2.31. The smallest absolute Gasteiger partial charge is 0.434 e. The van der Waals surface area contributed by atoms with Gasteiger partial charge in [-0.05, 0) is 36.7 Å². The summed E-state index contributed by atoms with van der Waals surface area (Å²) in [4.78, 5) is 34.5. The van der Waals surface area contributed by atoms with Crippen LogP contribution in [0.5, 0.6) is 5.88 Å². The molecule has 0 aromatic carbocycles. The Labute approximate surface area is 270 Å². The lowest BCUT2D eigenvalue weighted by atomic mass is 9.93. The second-order valence-corrected chi connectivity index (χ2v) is 13.3. The van der Waals surface area contributed by atoms with Crippen LogP contribution in [-0.4, -0.2) is 87.5 Å². The first-order valence-electron chi connectivity index (χ1n) is 15.0. The Balaban J connectivity index is 1.29. The van der Waals surface area contributed by atoms with Crippen molar-refractivity contribution in [2.45, 2.75) is 44.4 Å². The number of morpholine rings is 1. The Kier molecular flexibility index (Phi) is 9.00. The van der Waals surface area contributed by atoms with Gasteiger partial charge in [-0.2, -0.15) is 10.2 Å². The third-order valence-electron chi connectivity index (χ3n) is 8.27. The van der Waals surface area contributed by atoms with Gasteiger partial charge in [0.1, 0.15) is 29.9 Å². The van der Waals surface area contributed by atoms with E-state index < -0.39 is 20.9 Å². The number of nitrogens with zero attached hydrogens (tertiary/aromatic N) is 10. The average Bonchev–Trinajstić information content (AvgIpc) is 3.44. The van der Waals surface area contributed by atoms with Gasteiger partial charge in [-0.15, -0.1) is 0 Å². The zero-order chi connectivity index (χ0) is 33.1. The number of ether oxygens (including phenoxy) is 2. The number of hydrogen-bond donors (Lipinski definition) is 1. The molecular formula is C29H33N11O6S. The van der Waals surface area contributed by atoms with Gasteiger partial charge >= 0.3 is 5.95 Å². The zero-order valence-corrected chi connectivity index (χ0v) is 26.6. The van der Waals surface area contributed by atoms with Crippen LogP contribution in [0.3, 0.4) is 0 Å². The largest absolute Gasteiger partial charge is 0.474 e. The van der Waals surface area contributed by atoms with E-state index in [4.69, 9.17) is 14.5 Å². The summed E-state index contributed by atoms with van der Waals surface area (Å²) >= 11 is 0. The molecule has 0 spiro atoms. The van der Waals surface area contributed by atoms with E-state index in [2.05, 4.69) is 36.2 Å². The summed E-state index contributed by atoms with van der Waals surface area (Å²) in [5.74, 6) is 1.08. The summed E-state index contributed by atoms with van der Waals surface area (Å²) in [6.07, 6.45) is 9.58.